The molecule has 3 N–H and O–H groups in total. The molecule has 3 rings (SSSR count). The van der Waals surface area contributed by atoms with E-state index in [9.17, 15) is 9.90 Å². The van der Waals surface area contributed by atoms with Gasteiger partial charge in [-0.05, 0) is 31.0 Å². The number of aliphatic hydroxyl groups is 1. The van der Waals surface area contributed by atoms with Crippen LogP contribution in [0.4, 0.5) is 5.69 Å². The van der Waals surface area contributed by atoms with Gasteiger partial charge < -0.3 is 15.7 Å². The average molecular weight is 409 g/mol. The largest absolute Gasteiger partial charge is 0.388 e. The first-order chi connectivity index (χ1) is 13.0. The lowest BCUT2D eigenvalue weighted by molar-refractivity contribution is 0.00526. The second kappa shape index (κ2) is 8.87. The van der Waals surface area contributed by atoms with Crippen LogP contribution in [-0.2, 0) is 6.54 Å². The molecule has 0 saturated heterocycles. The van der Waals surface area contributed by atoms with E-state index in [1.54, 1.807) is 24.4 Å². The van der Waals surface area contributed by atoms with Crippen molar-refractivity contribution >= 4 is 34.8 Å². The number of aromatic nitrogens is 2. The first-order valence-electron chi connectivity index (χ1n) is 8.96. The van der Waals surface area contributed by atoms with Crippen LogP contribution in [0.15, 0.2) is 30.6 Å². The molecule has 1 amide bonds. The number of hydrogen-bond donors (Lipinski definition) is 3. The van der Waals surface area contributed by atoms with E-state index in [1.165, 1.54) is 6.20 Å². The highest BCUT2D eigenvalue weighted by molar-refractivity contribution is 6.34. The van der Waals surface area contributed by atoms with Crippen LogP contribution in [0.5, 0.6) is 0 Å². The fourth-order valence-electron chi connectivity index (χ4n) is 3.16. The Labute approximate surface area is 168 Å². The monoisotopic (exact) mass is 408 g/mol. The summed E-state index contributed by atoms with van der Waals surface area (Å²) in [7, 11) is 0. The van der Waals surface area contributed by atoms with Crippen LogP contribution in [-0.4, -0.2) is 33.1 Å². The molecule has 0 atom stereocenters. The Bertz CT molecular complexity index is 793. The minimum atomic E-state index is -0.816. The lowest BCUT2D eigenvalue weighted by atomic mass is 9.85. The van der Waals surface area contributed by atoms with Gasteiger partial charge >= 0.3 is 0 Å². The fraction of sp³-hybridized carbons (Fsp3) is 0.421. The maximum absolute atomic E-state index is 12.5. The summed E-state index contributed by atoms with van der Waals surface area (Å²) in [6.45, 7) is 0.673. The summed E-state index contributed by atoms with van der Waals surface area (Å²) in [4.78, 5) is 20.7. The van der Waals surface area contributed by atoms with Crippen molar-refractivity contribution in [1.29, 1.82) is 0 Å². The van der Waals surface area contributed by atoms with Crippen molar-refractivity contribution < 1.29 is 9.90 Å². The molecule has 0 spiro atoms. The molecular formula is C19H22Cl2N4O2. The van der Waals surface area contributed by atoms with Gasteiger partial charge in [-0.25, -0.2) is 4.98 Å². The topological polar surface area (TPSA) is 87.1 Å². The molecule has 0 aliphatic heterocycles. The smallest absolute Gasteiger partial charge is 0.252 e. The highest BCUT2D eigenvalue weighted by Crippen LogP contribution is 2.27. The van der Waals surface area contributed by atoms with Gasteiger partial charge in [-0.1, -0.05) is 42.5 Å². The van der Waals surface area contributed by atoms with E-state index in [1.807, 2.05) is 0 Å². The van der Waals surface area contributed by atoms with Gasteiger partial charge in [0.1, 0.15) is 5.15 Å². The summed E-state index contributed by atoms with van der Waals surface area (Å²) in [6.07, 6.45) is 7.60. The van der Waals surface area contributed by atoms with Crippen molar-refractivity contribution in [2.75, 3.05) is 11.9 Å². The number of halogens is 2. The Morgan fingerprint density at radius 1 is 1.15 bits per heavy atom. The number of anilines is 1. The maximum Gasteiger partial charge on any atom is 0.252 e. The molecule has 1 aromatic carbocycles. The molecule has 1 saturated carbocycles. The van der Waals surface area contributed by atoms with Crippen molar-refractivity contribution in [3.63, 3.8) is 0 Å². The van der Waals surface area contributed by atoms with Crippen LogP contribution in [0.25, 0.3) is 0 Å². The number of nitrogens with one attached hydrogen (secondary N) is 2. The van der Waals surface area contributed by atoms with Crippen molar-refractivity contribution in [3.8, 4) is 0 Å². The first kappa shape index (κ1) is 19.9. The number of hydrogen-bond acceptors (Lipinski definition) is 5. The van der Waals surface area contributed by atoms with Crippen molar-refractivity contribution in [2.45, 2.75) is 44.2 Å². The van der Waals surface area contributed by atoms with Gasteiger partial charge in [-0.15, -0.1) is 0 Å². The summed E-state index contributed by atoms with van der Waals surface area (Å²) < 4.78 is 0. The fourth-order valence-corrected chi connectivity index (χ4v) is 3.46. The zero-order valence-electron chi connectivity index (χ0n) is 14.8. The second-order valence-corrected chi connectivity index (χ2v) is 7.64. The van der Waals surface area contributed by atoms with E-state index >= 15 is 0 Å². The van der Waals surface area contributed by atoms with Gasteiger partial charge in [-0.3, -0.25) is 9.78 Å². The van der Waals surface area contributed by atoms with E-state index in [0.717, 1.165) is 30.6 Å². The number of benzene rings is 1. The molecule has 144 valence electrons. The highest BCUT2D eigenvalue weighted by atomic mass is 35.5. The zero-order chi connectivity index (χ0) is 19.3. The lowest BCUT2D eigenvalue weighted by Gasteiger charge is -2.32. The third-order valence-corrected chi connectivity index (χ3v) is 5.25. The van der Waals surface area contributed by atoms with Gasteiger partial charge in [0, 0.05) is 12.2 Å². The predicted molar refractivity (Wildman–Crippen MR) is 106 cm³/mol. The Hall–Kier alpha value is -1.89. The summed E-state index contributed by atoms with van der Waals surface area (Å²) >= 11 is 11.9. The standard InChI is InChI=1S/C19H22Cl2N4O2/c20-16-5-4-13(22-9-14-10-24-17(21)11-23-14)8-15(16)18(26)25-12-19(27)6-2-1-3-7-19/h4-5,8,10-11,22,27H,1-3,6-7,9,12H2,(H,25,26). The molecule has 1 aliphatic carbocycles. The van der Waals surface area contributed by atoms with Crippen LogP contribution in [0.1, 0.15) is 48.2 Å². The van der Waals surface area contributed by atoms with Gasteiger partial charge in [0.2, 0.25) is 0 Å². The second-order valence-electron chi connectivity index (χ2n) is 6.85. The molecule has 8 heteroatoms. The molecule has 27 heavy (non-hydrogen) atoms. The summed E-state index contributed by atoms with van der Waals surface area (Å²) in [5.74, 6) is -0.297. The van der Waals surface area contributed by atoms with Crippen molar-refractivity contribution in [1.82, 2.24) is 15.3 Å². The first-order valence-corrected chi connectivity index (χ1v) is 9.71. The Morgan fingerprint density at radius 2 is 1.93 bits per heavy atom. The molecule has 1 fully saturated rings. The maximum atomic E-state index is 12.5. The SMILES string of the molecule is O=C(NCC1(O)CCCCC1)c1cc(NCc2cnc(Cl)cn2)ccc1Cl. The summed E-state index contributed by atoms with van der Waals surface area (Å²) in [5, 5.41) is 17.2. The number of carbonyl (C=O) groups is 1. The highest BCUT2D eigenvalue weighted by Gasteiger charge is 2.29. The van der Waals surface area contributed by atoms with Gasteiger partial charge in [0.05, 0.1) is 40.8 Å². The van der Waals surface area contributed by atoms with Crippen molar-refractivity contribution in [2.24, 2.45) is 0 Å². The van der Waals surface area contributed by atoms with Gasteiger partial charge in [-0.2, -0.15) is 0 Å². The van der Waals surface area contributed by atoms with Gasteiger partial charge in [0.15, 0.2) is 0 Å². The van der Waals surface area contributed by atoms with E-state index in [0.29, 0.717) is 35.1 Å². The quantitative estimate of drug-likeness (QED) is 0.675. The minimum absolute atomic E-state index is 0.236. The molecule has 0 unspecified atom stereocenters. The summed E-state index contributed by atoms with van der Waals surface area (Å²) in [6, 6.07) is 5.14. The van der Waals surface area contributed by atoms with Crippen LogP contribution >= 0.6 is 23.2 Å². The van der Waals surface area contributed by atoms with Crippen LogP contribution in [0.2, 0.25) is 10.2 Å². The van der Waals surface area contributed by atoms with Crippen LogP contribution in [0.3, 0.4) is 0 Å². The van der Waals surface area contributed by atoms with Gasteiger partial charge in [0.25, 0.3) is 5.91 Å². The molecule has 6 nitrogen and oxygen atoms in total. The Balaban J connectivity index is 1.61. The summed E-state index contributed by atoms with van der Waals surface area (Å²) in [5.41, 5.74) is 1.00. The molecule has 1 aromatic heterocycles. The molecule has 2 aromatic rings. The third-order valence-electron chi connectivity index (χ3n) is 4.72. The molecular weight excluding hydrogens is 387 g/mol. The lowest BCUT2D eigenvalue weighted by Crippen LogP contribution is -2.44. The third kappa shape index (κ3) is 5.54. The Kier molecular flexibility index (Phi) is 6.52. The number of rotatable bonds is 6. The average Bonchev–Trinajstić information content (AvgIpc) is 2.67. The zero-order valence-corrected chi connectivity index (χ0v) is 16.4. The van der Waals surface area contributed by atoms with E-state index in [4.69, 9.17) is 23.2 Å². The van der Waals surface area contributed by atoms with E-state index in [2.05, 4.69) is 20.6 Å². The predicted octanol–water partition coefficient (Wildman–Crippen LogP) is 3.82. The van der Waals surface area contributed by atoms with E-state index < -0.39 is 5.60 Å². The van der Waals surface area contributed by atoms with Crippen LogP contribution < -0.4 is 10.6 Å². The van der Waals surface area contributed by atoms with E-state index in [-0.39, 0.29) is 12.5 Å². The number of nitrogens with zero attached hydrogens (tertiary/aromatic N) is 2. The van der Waals surface area contributed by atoms with Crippen LogP contribution in [0, 0.1) is 0 Å². The Morgan fingerprint density at radius 3 is 2.63 bits per heavy atom. The molecule has 1 aliphatic rings. The normalized spacial score (nSPS) is 16.0. The number of amides is 1. The van der Waals surface area contributed by atoms with Crippen molar-refractivity contribution in [3.05, 3.63) is 52.0 Å². The minimum Gasteiger partial charge on any atom is -0.388 e. The molecule has 0 bridgehead atoms. The molecule has 1 heterocycles. The number of carbonyl (C=O) groups excluding carboxylic acids is 1. The molecule has 0 radical (unpaired) electrons.